The van der Waals surface area contributed by atoms with Crippen LogP contribution in [0.25, 0.3) is 0 Å². The molecule has 0 spiro atoms. The summed E-state index contributed by atoms with van der Waals surface area (Å²) in [6.07, 6.45) is 0.801. The van der Waals surface area contributed by atoms with E-state index in [-0.39, 0.29) is 6.61 Å². The van der Waals surface area contributed by atoms with Crippen LogP contribution in [0.5, 0.6) is 0 Å². The van der Waals surface area contributed by atoms with Gasteiger partial charge in [-0.1, -0.05) is 0 Å². The molecule has 1 N–H and O–H groups in total. The van der Waals surface area contributed by atoms with Crippen LogP contribution in [0.15, 0.2) is 5.38 Å². The lowest BCUT2D eigenvalue weighted by Gasteiger charge is -2.13. The highest BCUT2D eigenvalue weighted by atomic mass is 32.1. The van der Waals surface area contributed by atoms with Crippen molar-refractivity contribution in [3.05, 3.63) is 11.1 Å². The summed E-state index contributed by atoms with van der Waals surface area (Å²) in [5.74, 6) is 0. The maximum absolute atomic E-state index is 8.62. The van der Waals surface area contributed by atoms with E-state index in [4.69, 9.17) is 5.11 Å². The number of thiazole rings is 1. The van der Waals surface area contributed by atoms with Crippen molar-refractivity contribution in [1.82, 2.24) is 4.98 Å². The third-order valence-corrected chi connectivity index (χ3v) is 2.66. The van der Waals surface area contributed by atoms with Crippen LogP contribution in [-0.4, -0.2) is 30.3 Å². The van der Waals surface area contributed by atoms with Crippen LogP contribution >= 0.6 is 11.3 Å². The monoisotopic (exact) mass is 186 g/mol. The van der Waals surface area contributed by atoms with Crippen molar-refractivity contribution in [2.24, 2.45) is 0 Å². The molecular formula is C8H14N2OS. The van der Waals surface area contributed by atoms with E-state index in [1.165, 1.54) is 0 Å². The first kappa shape index (κ1) is 9.48. The zero-order valence-electron chi connectivity index (χ0n) is 7.45. The second kappa shape index (κ2) is 4.42. The van der Waals surface area contributed by atoms with Crippen LogP contribution in [0.4, 0.5) is 5.13 Å². The van der Waals surface area contributed by atoms with Gasteiger partial charge in [-0.05, 0) is 13.3 Å². The lowest BCUT2D eigenvalue weighted by molar-refractivity contribution is 0.290. The molecule has 1 aromatic heterocycles. The fraction of sp³-hybridized carbons (Fsp3) is 0.625. The highest BCUT2D eigenvalue weighted by Gasteiger charge is 2.03. The molecule has 0 aliphatic carbocycles. The van der Waals surface area contributed by atoms with Crippen LogP contribution < -0.4 is 4.90 Å². The van der Waals surface area contributed by atoms with Gasteiger partial charge >= 0.3 is 0 Å². The van der Waals surface area contributed by atoms with Crippen molar-refractivity contribution in [3.63, 3.8) is 0 Å². The zero-order chi connectivity index (χ0) is 8.97. The summed E-state index contributed by atoms with van der Waals surface area (Å²) in [5.41, 5.74) is 1.06. The molecular weight excluding hydrogens is 172 g/mol. The van der Waals surface area contributed by atoms with Crippen molar-refractivity contribution in [2.45, 2.75) is 13.3 Å². The van der Waals surface area contributed by atoms with Gasteiger partial charge in [-0.25, -0.2) is 4.98 Å². The van der Waals surface area contributed by atoms with Gasteiger partial charge in [0.25, 0.3) is 0 Å². The SMILES string of the molecule is Cc1csc(N(C)CCCO)n1. The van der Waals surface area contributed by atoms with E-state index in [0.29, 0.717) is 0 Å². The summed E-state index contributed by atoms with van der Waals surface area (Å²) in [5, 5.41) is 11.7. The Morgan fingerprint density at radius 2 is 2.42 bits per heavy atom. The fourth-order valence-electron chi connectivity index (χ4n) is 0.920. The fourth-order valence-corrected chi connectivity index (χ4v) is 1.72. The Morgan fingerprint density at radius 3 is 2.92 bits per heavy atom. The predicted octanol–water partition coefficient (Wildman–Crippen LogP) is 1.27. The van der Waals surface area contributed by atoms with E-state index in [9.17, 15) is 0 Å². The molecule has 0 amide bonds. The number of anilines is 1. The standard InChI is InChI=1S/C8H14N2OS/c1-7-6-12-8(9-7)10(2)4-3-5-11/h6,11H,3-5H2,1-2H3. The molecule has 1 rings (SSSR count). The van der Waals surface area contributed by atoms with Gasteiger partial charge in [0, 0.05) is 25.6 Å². The quantitative estimate of drug-likeness (QED) is 0.769. The molecule has 0 aliphatic heterocycles. The molecule has 0 bridgehead atoms. The number of aliphatic hydroxyl groups is 1. The van der Waals surface area contributed by atoms with Crippen LogP contribution in [-0.2, 0) is 0 Å². The number of rotatable bonds is 4. The summed E-state index contributed by atoms with van der Waals surface area (Å²) in [7, 11) is 1.99. The minimum absolute atomic E-state index is 0.245. The van der Waals surface area contributed by atoms with Crippen molar-refractivity contribution in [3.8, 4) is 0 Å². The van der Waals surface area contributed by atoms with Crippen molar-refractivity contribution in [1.29, 1.82) is 0 Å². The van der Waals surface area contributed by atoms with Crippen LogP contribution in [0.1, 0.15) is 12.1 Å². The molecule has 0 aromatic carbocycles. The Balaban J connectivity index is 2.47. The van der Waals surface area contributed by atoms with Gasteiger partial charge in [-0.2, -0.15) is 0 Å². The molecule has 1 aromatic rings. The van der Waals surface area contributed by atoms with Gasteiger partial charge in [0.05, 0.1) is 5.69 Å². The first-order valence-corrected chi connectivity index (χ1v) is 4.86. The van der Waals surface area contributed by atoms with E-state index in [1.54, 1.807) is 11.3 Å². The summed E-state index contributed by atoms with van der Waals surface area (Å²) in [6.45, 7) is 3.10. The van der Waals surface area contributed by atoms with Crippen LogP contribution in [0.3, 0.4) is 0 Å². The molecule has 3 nitrogen and oxygen atoms in total. The Kier molecular flexibility index (Phi) is 3.49. The van der Waals surface area contributed by atoms with E-state index < -0.39 is 0 Å². The molecule has 0 fully saturated rings. The first-order chi connectivity index (χ1) is 5.74. The zero-order valence-corrected chi connectivity index (χ0v) is 8.27. The third kappa shape index (κ3) is 2.46. The summed E-state index contributed by atoms with van der Waals surface area (Å²) < 4.78 is 0. The van der Waals surface area contributed by atoms with Gasteiger partial charge < -0.3 is 10.0 Å². The molecule has 0 radical (unpaired) electrons. The molecule has 0 saturated carbocycles. The van der Waals surface area contributed by atoms with Crippen molar-refractivity contribution < 1.29 is 5.11 Å². The van der Waals surface area contributed by atoms with Gasteiger partial charge in [0.15, 0.2) is 5.13 Å². The molecule has 0 aliphatic rings. The molecule has 4 heteroatoms. The minimum Gasteiger partial charge on any atom is -0.396 e. The number of hydrogen-bond acceptors (Lipinski definition) is 4. The number of aryl methyl sites for hydroxylation is 1. The Bertz CT molecular complexity index is 237. The number of aliphatic hydroxyl groups excluding tert-OH is 1. The van der Waals surface area contributed by atoms with E-state index in [0.717, 1.165) is 23.8 Å². The van der Waals surface area contributed by atoms with Crippen molar-refractivity contribution >= 4 is 16.5 Å². The first-order valence-electron chi connectivity index (χ1n) is 3.98. The predicted molar refractivity (Wildman–Crippen MR) is 51.8 cm³/mol. The Hall–Kier alpha value is -0.610. The van der Waals surface area contributed by atoms with E-state index in [2.05, 4.69) is 9.88 Å². The summed E-state index contributed by atoms with van der Waals surface area (Å²) >= 11 is 1.64. The van der Waals surface area contributed by atoms with Gasteiger partial charge in [-0.15, -0.1) is 11.3 Å². The van der Waals surface area contributed by atoms with Gasteiger partial charge in [0.2, 0.25) is 0 Å². The molecule has 68 valence electrons. The Labute approximate surface area is 76.7 Å². The lowest BCUT2D eigenvalue weighted by Crippen LogP contribution is -2.19. The highest BCUT2D eigenvalue weighted by molar-refractivity contribution is 7.13. The number of nitrogens with zero attached hydrogens (tertiary/aromatic N) is 2. The maximum Gasteiger partial charge on any atom is 0.185 e. The third-order valence-electron chi connectivity index (χ3n) is 1.59. The largest absolute Gasteiger partial charge is 0.396 e. The lowest BCUT2D eigenvalue weighted by atomic mass is 10.4. The highest BCUT2D eigenvalue weighted by Crippen LogP contribution is 2.18. The van der Waals surface area contributed by atoms with E-state index in [1.807, 2.05) is 19.4 Å². The summed E-state index contributed by atoms with van der Waals surface area (Å²) in [4.78, 5) is 6.39. The maximum atomic E-state index is 8.62. The normalized spacial score (nSPS) is 10.2. The Morgan fingerprint density at radius 1 is 1.67 bits per heavy atom. The smallest absolute Gasteiger partial charge is 0.185 e. The molecule has 12 heavy (non-hydrogen) atoms. The number of hydrogen-bond donors (Lipinski definition) is 1. The van der Waals surface area contributed by atoms with Crippen LogP contribution in [0, 0.1) is 6.92 Å². The minimum atomic E-state index is 0.245. The second-order valence-corrected chi connectivity index (χ2v) is 3.61. The second-order valence-electron chi connectivity index (χ2n) is 2.77. The molecule has 0 saturated heterocycles. The molecule has 0 unspecified atom stereocenters. The van der Waals surface area contributed by atoms with Gasteiger partial charge in [0.1, 0.15) is 0 Å². The number of aromatic nitrogens is 1. The average Bonchev–Trinajstić information content (AvgIpc) is 2.47. The van der Waals surface area contributed by atoms with Crippen LogP contribution in [0.2, 0.25) is 0 Å². The topological polar surface area (TPSA) is 36.4 Å². The van der Waals surface area contributed by atoms with Gasteiger partial charge in [-0.3, -0.25) is 0 Å². The molecule has 0 atom stereocenters. The van der Waals surface area contributed by atoms with Crippen molar-refractivity contribution in [2.75, 3.05) is 25.1 Å². The average molecular weight is 186 g/mol. The molecule has 1 heterocycles. The van der Waals surface area contributed by atoms with E-state index >= 15 is 0 Å². The summed E-state index contributed by atoms with van der Waals surface area (Å²) in [6, 6.07) is 0.